The third-order valence-electron chi connectivity index (χ3n) is 13.3. The van der Waals surface area contributed by atoms with E-state index in [-0.39, 0.29) is 34.2 Å². The number of nitrogens with zero attached hydrogens (tertiary/aromatic N) is 6. The van der Waals surface area contributed by atoms with Crippen LogP contribution in [0, 0.1) is 11.8 Å². The van der Waals surface area contributed by atoms with E-state index in [2.05, 4.69) is 90.0 Å². The SMILES string of the molecule is CCCC(Nc1nc(NC(CCC)C2CC(C)(C)N(OC3CCCCC3)C(C)(C)C2)nc(N(COC)COC)n1)C1CC(C)(C)N(OC2CCCCC2)C(C)(C)C1. The Kier molecular flexibility index (Phi) is 16.3. The first kappa shape index (κ1) is 46.2. The van der Waals surface area contributed by atoms with Gasteiger partial charge in [0.1, 0.15) is 13.5 Å². The van der Waals surface area contributed by atoms with Crippen molar-refractivity contribution in [3.05, 3.63) is 0 Å². The molecule has 1 aromatic heterocycles. The highest BCUT2D eigenvalue weighted by atomic mass is 16.7. The summed E-state index contributed by atoms with van der Waals surface area (Å²) in [5, 5.41) is 12.5. The highest BCUT2D eigenvalue weighted by molar-refractivity contribution is 5.44. The van der Waals surface area contributed by atoms with Crippen molar-refractivity contribution in [2.45, 2.75) is 231 Å². The van der Waals surface area contributed by atoms with E-state index >= 15 is 0 Å². The van der Waals surface area contributed by atoms with E-state index in [1.807, 2.05) is 4.90 Å². The van der Waals surface area contributed by atoms with Gasteiger partial charge in [-0.1, -0.05) is 65.2 Å². The van der Waals surface area contributed by atoms with Crippen LogP contribution in [0.2, 0.25) is 0 Å². The zero-order chi connectivity index (χ0) is 41.4. The lowest BCUT2D eigenvalue weighted by Gasteiger charge is -2.56. The van der Waals surface area contributed by atoms with Crippen molar-refractivity contribution in [1.82, 2.24) is 25.1 Å². The Balaban J connectivity index is 1.40. The molecule has 0 bridgehead atoms. The number of ether oxygens (including phenoxy) is 2. The van der Waals surface area contributed by atoms with Crippen LogP contribution in [0.5, 0.6) is 0 Å². The zero-order valence-electron chi connectivity index (χ0n) is 38.4. The molecule has 2 N–H and O–H groups in total. The van der Waals surface area contributed by atoms with Gasteiger partial charge in [-0.05, 0) is 131 Å². The third-order valence-corrected chi connectivity index (χ3v) is 13.3. The first-order valence-corrected chi connectivity index (χ1v) is 23.0. The standard InChI is InChI=1S/C45H84N8O4/c1-13-21-37(33-27-42(3,4)52(43(5,6)28-33)56-35-23-17-15-18-24-35)46-39-48-40(50-41(49-39)51(31-54-11)32-55-12)47-38(22-14-2)34-29-44(7,8)53(45(9,10)30-34)57-36-25-19-16-20-26-36/h33-38H,13-32H2,1-12H3,(H2,46,47,48,49,50). The lowest BCUT2D eigenvalue weighted by Crippen LogP contribution is -2.63. The Bertz CT molecular complexity index is 1230. The summed E-state index contributed by atoms with van der Waals surface area (Å²) in [6, 6.07) is 0.376. The van der Waals surface area contributed by atoms with E-state index in [1.165, 1.54) is 38.5 Å². The number of nitrogens with one attached hydrogen (secondary N) is 2. The van der Waals surface area contributed by atoms with E-state index in [0.29, 0.717) is 55.4 Å². The summed E-state index contributed by atoms with van der Waals surface area (Å²) < 4.78 is 11.2. The van der Waals surface area contributed by atoms with Gasteiger partial charge in [0.05, 0.1) is 12.2 Å². The Hall–Kier alpha value is -1.83. The zero-order valence-corrected chi connectivity index (χ0v) is 38.4. The molecule has 2 atom stereocenters. The highest BCUT2D eigenvalue weighted by Crippen LogP contribution is 2.47. The van der Waals surface area contributed by atoms with Gasteiger partial charge in [-0.3, -0.25) is 14.6 Å². The molecule has 57 heavy (non-hydrogen) atoms. The van der Waals surface area contributed by atoms with Crippen molar-refractivity contribution in [2.24, 2.45) is 11.8 Å². The molecule has 1 aromatic rings. The number of rotatable bonds is 19. The molecule has 12 nitrogen and oxygen atoms in total. The van der Waals surface area contributed by atoms with Gasteiger partial charge in [0, 0.05) is 48.5 Å². The van der Waals surface area contributed by atoms with Gasteiger partial charge in [0.2, 0.25) is 17.8 Å². The van der Waals surface area contributed by atoms with Crippen LogP contribution < -0.4 is 15.5 Å². The van der Waals surface area contributed by atoms with E-state index in [1.54, 1.807) is 14.2 Å². The number of methoxy groups -OCH3 is 2. The smallest absolute Gasteiger partial charge is 0.235 e. The van der Waals surface area contributed by atoms with Gasteiger partial charge in [-0.2, -0.15) is 25.1 Å². The summed E-state index contributed by atoms with van der Waals surface area (Å²) in [5.74, 6) is 2.55. The van der Waals surface area contributed by atoms with Crippen molar-refractivity contribution in [3.63, 3.8) is 0 Å². The Morgan fingerprint density at radius 1 is 0.579 bits per heavy atom. The molecule has 2 unspecified atom stereocenters. The van der Waals surface area contributed by atoms with Crippen molar-refractivity contribution in [1.29, 1.82) is 0 Å². The first-order chi connectivity index (χ1) is 27.0. The monoisotopic (exact) mass is 801 g/mol. The normalized spacial score (nSPS) is 24.9. The summed E-state index contributed by atoms with van der Waals surface area (Å²) in [6.07, 6.45) is 21.3. The van der Waals surface area contributed by atoms with Gasteiger partial charge in [0.15, 0.2) is 0 Å². The second-order valence-corrected chi connectivity index (χ2v) is 20.6. The minimum atomic E-state index is -0.117. The second kappa shape index (κ2) is 20.2. The quantitative estimate of drug-likeness (QED) is 0.130. The van der Waals surface area contributed by atoms with Crippen molar-refractivity contribution in [3.8, 4) is 0 Å². The molecular weight excluding hydrogens is 717 g/mol. The summed E-state index contributed by atoms with van der Waals surface area (Å²) in [4.78, 5) is 31.0. The van der Waals surface area contributed by atoms with E-state index in [9.17, 15) is 0 Å². The summed E-state index contributed by atoms with van der Waals surface area (Å²) in [5.41, 5.74) is -0.468. The van der Waals surface area contributed by atoms with Crippen molar-refractivity contribution >= 4 is 17.8 Å². The Morgan fingerprint density at radius 3 is 1.25 bits per heavy atom. The molecule has 2 saturated heterocycles. The van der Waals surface area contributed by atoms with Crippen LogP contribution in [0.25, 0.3) is 0 Å². The van der Waals surface area contributed by atoms with Crippen LogP contribution in [0.1, 0.15) is 185 Å². The van der Waals surface area contributed by atoms with E-state index in [4.69, 9.17) is 34.1 Å². The molecule has 3 heterocycles. The number of anilines is 3. The molecular formula is C45H84N8O4. The molecule has 4 fully saturated rings. The van der Waals surface area contributed by atoms with Crippen LogP contribution in [-0.2, 0) is 19.1 Å². The van der Waals surface area contributed by atoms with Gasteiger partial charge in [-0.15, -0.1) is 0 Å². The number of hydrogen-bond acceptors (Lipinski definition) is 12. The van der Waals surface area contributed by atoms with Gasteiger partial charge < -0.3 is 20.1 Å². The Labute approximate surface area is 347 Å². The molecule has 0 aromatic carbocycles. The maximum atomic E-state index is 6.88. The lowest BCUT2D eigenvalue weighted by atomic mass is 9.71. The molecule has 5 rings (SSSR count). The van der Waals surface area contributed by atoms with Crippen LogP contribution >= 0.6 is 0 Å². The summed E-state index contributed by atoms with van der Waals surface area (Å²) >= 11 is 0. The van der Waals surface area contributed by atoms with Crippen LogP contribution in [-0.4, -0.2) is 99.2 Å². The fourth-order valence-corrected chi connectivity index (χ4v) is 11.4. The summed E-state index contributed by atoms with van der Waals surface area (Å²) in [7, 11) is 3.39. The molecule has 12 heteroatoms. The summed E-state index contributed by atoms with van der Waals surface area (Å²) in [6.45, 7) is 24.1. The lowest BCUT2D eigenvalue weighted by molar-refractivity contribution is -0.314. The number of aromatic nitrogens is 3. The number of hydrogen-bond donors (Lipinski definition) is 2. The highest BCUT2D eigenvalue weighted by Gasteiger charge is 2.50. The predicted molar refractivity (Wildman–Crippen MR) is 232 cm³/mol. The minimum Gasteiger partial charge on any atom is -0.364 e. The average molecular weight is 801 g/mol. The van der Waals surface area contributed by atoms with E-state index < -0.39 is 0 Å². The van der Waals surface area contributed by atoms with E-state index in [0.717, 1.165) is 77.0 Å². The van der Waals surface area contributed by atoms with Gasteiger partial charge in [0.25, 0.3) is 0 Å². The molecule has 0 spiro atoms. The van der Waals surface area contributed by atoms with Crippen LogP contribution in [0.15, 0.2) is 0 Å². The Morgan fingerprint density at radius 2 is 0.930 bits per heavy atom. The molecule has 0 amide bonds. The fourth-order valence-electron chi connectivity index (χ4n) is 11.4. The van der Waals surface area contributed by atoms with Gasteiger partial charge >= 0.3 is 0 Å². The fraction of sp³-hybridized carbons (Fsp3) is 0.933. The minimum absolute atomic E-state index is 0.117. The maximum absolute atomic E-state index is 6.88. The largest absolute Gasteiger partial charge is 0.364 e. The predicted octanol–water partition coefficient (Wildman–Crippen LogP) is 10.1. The van der Waals surface area contributed by atoms with Gasteiger partial charge in [-0.25, -0.2) is 0 Å². The number of piperidine rings is 2. The molecule has 2 aliphatic carbocycles. The maximum Gasteiger partial charge on any atom is 0.235 e. The topological polar surface area (TPSA) is 109 Å². The first-order valence-electron chi connectivity index (χ1n) is 23.0. The van der Waals surface area contributed by atoms with Crippen molar-refractivity contribution in [2.75, 3.05) is 43.2 Å². The van der Waals surface area contributed by atoms with Crippen LogP contribution in [0.3, 0.4) is 0 Å². The molecule has 328 valence electrons. The second-order valence-electron chi connectivity index (χ2n) is 20.6. The third kappa shape index (κ3) is 12.1. The molecule has 0 radical (unpaired) electrons. The average Bonchev–Trinajstić information content (AvgIpc) is 3.14. The van der Waals surface area contributed by atoms with Crippen LogP contribution in [0.4, 0.5) is 17.8 Å². The molecule has 4 aliphatic rings. The molecule has 2 saturated carbocycles. The number of hydroxylamine groups is 4. The molecule has 2 aliphatic heterocycles. The van der Waals surface area contributed by atoms with Crippen molar-refractivity contribution < 1.29 is 19.1 Å².